The van der Waals surface area contributed by atoms with E-state index in [2.05, 4.69) is 21.0 Å². The number of aromatic nitrogens is 1. The van der Waals surface area contributed by atoms with E-state index >= 15 is 0 Å². The van der Waals surface area contributed by atoms with Gasteiger partial charge in [-0.25, -0.2) is 4.98 Å². The van der Waals surface area contributed by atoms with Gasteiger partial charge in [0.25, 0.3) is 0 Å². The number of nitrogens with one attached hydrogen (secondary N) is 2. The minimum atomic E-state index is 0.808. The quantitative estimate of drug-likeness (QED) is 0.750. The lowest BCUT2D eigenvalue weighted by molar-refractivity contribution is 0.677. The van der Waals surface area contributed by atoms with Crippen LogP contribution in [0, 0.1) is 0 Å². The summed E-state index contributed by atoms with van der Waals surface area (Å²) in [6.07, 6.45) is 3.77. The van der Waals surface area contributed by atoms with E-state index in [-0.39, 0.29) is 0 Å². The Labute approximate surface area is 82.6 Å². The third-order valence-electron chi connectivity index (χ3n) is 2.16. The SMILES string of the molecule is CNc1nc(CCNC2CC2)cs1. The van der Waals surface area contributed by atoms with Gasteiger partial charge in [0.15, 0.2) is 5.13 Å². The Morgan fingerprint density at radius 1 is 1.62 bits per heavy atom. The van der Waals surface area contributed by atoms with E-state index in [1.807, 2.05) is 7.05 Å². The van der Waals surface area contributed by atoms with Crippen molar-refractivity contribution in [3.8, 4) is 0 Å². The van der Waals surface area contributed by atoms with Gasteiger partial charge in [0, 0.05) is 31.4 Å². The zero-order chi connectivity index (χ0) is 9.10. The molecule has 1 aliphatic rings. The number of thiazole rings is 1. The molecule has 1 aliphatic carbocycles. The van der Waals surface area contributed by atoms with Crippen LogP contribution >= 0.6 is 11.3 Å². The van der Waals surface area contributed by atoms with Crippen molar-refractivity contribution < 1.29 is 0 Å². The molecule has 3 nitrogen and oxygen atoms in total. The maximum absolute atomic E-state index is 4.41. The lowest BCUT2D eigenvalue weighted by Gasteiger charge is -1.98. The predicted molar refractivity (Wildman–Crippen MR) is 56.4 cm³/mol. The van der Waals surface area contributed by atoms with Crippen LogP contribution in [0.5, 0.6) is 0 Å². The van der Waals surface area contributed by atoms with Crippen molar-refractivity contribution in [1.82, 2.24) is 10.3 Å². The molecule has 0 spiro atoms. The average molecular weight is 197 g/mol. The first kappa shape index (κ1) is 8.97. The van der Waals surface area contributed by atoms with E-state index < -0.39 is 0 Å². The van der Waals surface area contributed by atoms with Crippen LogP contribution in [0.15, 0.2) is 5.38 Å². The van der Waals surface area contributed by atoms with Crippen molar-refractivity contribution in [2.24, 2.45) is 0 Å². The highest BCUT2D eigenvalue weighted by atomic mass is 32.1. The van der Waals surface area contributed by atoms with Gasteiger partial charge in [-0.3, -0.25) is 0 Å². The molecule has 1 saturated carbocycles. The van der Waals surface area contributed by atoms with Gasteiger partial charge in [-0.15, -0.1) is 11.3 Å². The van der Waals surface area contributed by atoms with Crippen LogP contribution in [0.4, 0.5) is 5.13 Å². The molecule has 0 atom stereocenters. The van der Waals surface area contributed by atoms with Crippen molar-refractivity contribution in [2.75, 3.05) is 18.9 Å². The fourth-order valence-corrected chi connectivity index (χ4v) is 1.93. The summed E-state index contributed by atoms with van der Waals surface area (Å²) >= 11 is 1.67. The van der Waals surface area contributed by atoms with Gasteiger partial charge in [0.2, 0.25) is 0 Å². The Hall–Kier alpha value is -0.610. The molecule has 0 amide bonds. The fourth-order valence-electron chi connectivity index (χ4n) is 1.23. The van der Waals surface area contributed by atoms with Crippen LogP contribution in [0.1, 0.15) is 18.5 Å². The molecule has 0 bridgehead atoms. The molecule has 1 heterocycles. The molecule has 2 rings (SSSR count). The van der Waals surface area contributed by atoms with E-state index in [4.69, 9.17) is 0 Å². The van der Waals surface area contributed by atoms with Crippen molar-refractivity contribution in [2.45, 2.75) is 25.3 Å². The molecule has 0 unspecified atom stereocenters. The van der Waals surface area contributed by atoms with Crippen molar-refractivity contribution >= 4 is 16.5 Å². The van der Waals surface area contributed by atoms with Crippen molar-refractivity contribution in [3.63, 3.8) is 0 Å². The fraction of sp³-hybridized carbons (Fsp3) is 0.667. The first-order valence-electron chi connectivity index (χ1n) is 4.74. The number of hydrogen-bond donors (Lipinski definition) is 2. The number of rotatable bonds is 5. The first-order valence-corrected chi connectivity index (χ1v) is 5.62. The molecule has 1 fully saturated rings. The maximum atomic E-state index is 4.41. The van der Waals surface area contributed by atoms with Crippen LogP contribution in [-0.2, 0) is 6.42 Å². The molecule has 0 aromatic carbocycles. The summed E-state index contributed by atoms with van der Waals surface area (Å²) in [4.78, 5) is 4.41. The van der Waals surface area contributed by atoms with Crippen LogP contribution in [0.25, 0.3) is 0 Å². The van der Waals surface area contributed by atoms with E-state index in [1.54, 1.807) is 11.3 Å². The molecule has 2 N–H and O–H groups in total. The summed E-state index contributed by atoms with van der Waals surface area (Å²) in [5.74, 6) is 0. The molecule has 0 aliphatic heterocycles. The van der Waals surface area contributed by atoms with E-state index in [0.717, 1.165) is 24.1 Å². The van der Waals surface area contributed by atoms with Crippen LogP contribution in [-0.4, -0.2) is 24.6 Å². The zero-order valence-electron chi connectivity index (χ0n) is 7.84. The molecular formula is C9H15N3S. The molecule has 1 aromatic rings. The molecule has 0 saturated heterocycles. The summed E-state index contributed by atoms with van der Waals surface area (Å²) in [7, 11) is 1.91. The van der Waals surface area contributed by atoms with Crippen molar-refractivity contribution in [1.29, 1.82) is 0 Å². The van der Waals surface area contributed by atoms with Crippen LogP contribution < -0.4 is 10.6 Å². The second-order valence-corrected chi connectivity index (χ2v) is 4.23. The van der Waals surface area contributed by atoms with Crippen molar-refractivity contribution in [3.05, 3.63) is 11.1 Å². The standard InChI is InChI=1S/C9H15N3S/c1-10-9-12-8(6-13-9)4-5-11-7-2-3-7/h6-7,11H,2-5H2,1H3,(H,10,12). The smallest absolute Gasteiger partial charge is 0.182 e. The third kappa shape index (κ3) is 2.67. The average Bonchev–Trinajstić information content (AvgIpc) is 2.84. The Morgan fingerprint density at radius 3 is 3.08 bits per heavy atom. The van der Waals surface area contributed by atoms with Gasteiger partial charge in [-0.1, -0.05) is 0 Å². The van der Waals surface area contributed by atoms with E-state index in [9.17, 15) is 0 Å². The van der Waals surface area contributed by atoms with E-state index in [0.29, 0.717) is 0 Å². The summed E-state index contributed by atoms with van der Waals surface area (Å²) in [5.41, 5.74) is 1.20. The Morgan fingerprint density at radius 2 is 2.46 bits per heavy atom. The van der Waals surface area contributed by atoms with Crippen LogP contribution in [0.3, 0.4) is 0 Å². The molecule has 0 radical (unpaired) electrons. The highest BCUT2D eigenvalue weighted by Gasteiger charge is 2.19. The highest BCUT2D eigenvalue weighted by Crippen LogP contribution is 2.19. The van der Waals surface area contributed by atoms with Gasteiger partial charge in [-0.2, -0.15) is 0 Å². The largest absolute Gasteiger partial charge is 0.365 e. The summed E-state index contributed by atoms with van der Waals surface area (Å²) in [6, 6.07) is 0.808. The summed E-state index contributed by atoms with van der Waals surface area (Å²) in [5, 5.41) is 9.66. The highest BCUT2D eigenvalue weighted by molar-refractivity contribution is 7.13. The molecule has 72 valence electrons. The lowest BCUT2D eigenvalue weighted by atomic mass is 10.3. The second kappa shape index (κ2) is 4.07. The maximum Gasteiger partial charge on any atom is 0.182 e. The molecule has 13 heavy (non-hydrogen) atoms. The first-order chi connectivity index (χ1) is 6.38. The number of hydrogen-bond acceptors (Lipinski definition) is 4. The number of nitrogens with zero attached hydrogens (tertiary/aromatic N) is 1. The summed E-state index contributed by atoms with van der Waals surface area (Å²) in [6.45, 7) is 1.07. The molecule has 1 aromatic heterocycles. The normalized spacial score (nSPS) is 16.1. The Kier molecular flexibility index (Phi) is 2.80. The minimum Gasteiger partial charge on any atom is -0.365 e. The zero-order valence-corrected chi connectivity index (χ0v) is 8.66. The van der Waals surface area contributed by atoms with Gasteiger partial charge in [0.1, 0.15) is 0 Å². The number of anilines is 1. The van der Waals surface area contributed by atoms with Crippen LogP contribution in [0.2, 0.25) is 0 Å². The topological polar surface area (TPSA) is 37.0 Å². The van der Waals surface area contributed by atoms with Gasteiger partial charge >= 0.3 is 0 Å². The van der Waals surface area contributed by atoms with E-state index in [1.165, 1.54) is 18.5 Å². The molecule has 4 heteroatoms. The van der Waals surface area contributed by atoms with Gasteiger partial charge in [0.05, 0.1) is 5.69 Å². The summed E-state index contributed by atoms with van der Waals surface area (Å²) < 4.78 is 0. The third-order valence-corrected chi connectivity index (χ3v) is 3.07. The minimum absolute atomic E-state index is 0.808. The molecular weight excluding hydrogens is 182 g/mol. The Bertz CT molecular complexity index is 268. The second-order valence-electron chi connectivity index (χ2n) is 3.37. The lowest BCUT2D eigenvalue weighted by Crippen LogP contribution is -2.19. The predicted octanol–water partition coefficient (Wildman–Crippen LogP) is 1.48. The van der Waals surface area contributed by atoms with Gasteiger partial charge in [-0.05, 0) is 12.8 Å². The monoisotopic (exact) mass is 197 g/mol. The Balaban J connectivity index is 1.72. The van der Waals surface area contributed by atoms with Gasteiger partial charge < -0.3 is 10.6 Å².